The zero-order chi connectivity index (χ0) is 10.8. The Hall–Kier alpha value is -0.340. The molecular formula is C14H23NO. The number of hydrogen-bond donors (Lipinski definition) is 1. The van der Waals surface area contributed by atoms with Gasteiger partial charge in [0.05, 0.1) is 13.2 Å². The molecule has 3 aliphatic rings. The topological polar surface area (TPSA) is 21.3 Å². The molecule has 2 fully saturated rings. The molecule has 2 saturated carbocycles. The predicted octanol–water partition coefficient (Wildman–Crippen LogP) is 2.50. The van der Waals surface area contributed by atoms with E-state index in [2.05, 4.69) is 11.4 Å². The Kier molecular flexibility index (Phi) is 3.03. The van der Waals surface area contributed by atoms with E-state index in [9.17, 15) is 0 Å². The molecule has 2 heteroatoms. The van der Waals surface area contributed by atoms with E-state index in [0.29, 0.717) is 5.41 Å². The number of nitrogens with one attached hydrogen (secondary N) is 1. The molecule has 0 saturated heterocycles. The van der Waals surface area contributed by atoms with Gasteiger partial charge in [0.15, 0.2) is 0 Å². The fraction of sp³-hybridized carbons (Fsp3) is 0.857. The second-order valence-corrected chi connectivity index (χ2v) is 5.80. The fourth-order valence-corrected chi connectivity index (χ4v) is 3.26. The van der Waals surface area contributed by atoms with Gasteiger partial charge in [-0.25, -0.2) is 0 Å². The fourth-order valence-electron chi connectivity index (χ4n) is 3.26. The Labute approximate surface area is 98.4 Å². The molecule has 0 radical (unpaired) electrons. The summed E-state index contributed by atoms with van der Waals surface area (Å²) in [4.78, 5) is 0. The van der Waals surface area contributed by atoms with E-state index in [0.717, 1.165) is 32.1 Å². The first-order valence-electron chi connectivity index (χ1n) is 6.85. The maximum Gasteiger partial charge on any atom is 0.0689 e. The molecule has 1 N–H and O–H groups in total. The predicted molar refractivity (Wildman–Crippen MR) is 65.4 cm³/mol. The first kappa shape index (κ1) is 10.8. The normalized spacial score (nSPS) is 28.4. The lowest BCUT2D eigenvalue weighted by Crippen LogP contribution is -2.42. The molecule has 0 unspecified atom stereocenters. The van der Waals surface area contributed by atoms with Crippen molar-refractivity contribution in [3.05, 3.63) is 11.6 Å². The minimum Gasteiger partial charge on any atom is -0.377 e. The minimum atomic E-state index is 0.704. The monoisotopic (exact) mass is 221 g/mol. The molecule has 0 amide bonds. The van der Waals surface area contributed by atoms with Gasteiger partial charge in [-0.2, -0.15) is 0 Å². The first-order valence-corrected chi connectivity index (χ1v) is 6.85. The van der Waals surface area contributed by atoms with Gasteiger partial charge in [0.25, 0.3) is 0 Å². The van der Waals surface area contributed by atoms with E-state index in [-0.39, 0.29) is 0 Å². The van der Waals surface area contributed by atoms with Gasteiger partial charge in [0.1, 0.15) is 0 Å². The van der Waals surface area contributed by atoms with Crippen molar-refractivity contribution in [2.45, 2.75) is 38.5 Å². The molecule has 16 heavy (non-hydrogen) atoms. The molecule has 0 aromatic heterocycles. The molecule has 90 valence electrons. The number of ether oxygens (including phenoxy) is 1. The maximum absolute atomic E-state index is 5.46. The van der Waals surface area contributed by atoms with E-state index in [1.807, 2.05) is 0 Å². The Bertz CT molecular complexity index is 276. The molecule has 2 aliphatic carbocycles. The van der Waals surface area contributed by atoms with Crippen LogP contribution in [0.4, 0.5) is 0 Å². The molecule has 1 heterocycles. The van der Waals surface area contributed by atoms with Crippen LogP contribution in [0.25, 0.3) is 0 Å². The highest BCUT2D eigenvalue weighted by atomic mass is 16.5. The third-order valence-electron chi connectivity index (χ3n) is 4.60. The zero-order valence-corrected chi connectivity index (χ0v) is 10.1. The largest absolute Gasteiger partial charge is 0.377 e. The van der Waals surface area contributed by atoms with Crippen LogP contribution < -0.4 is 5.32 Å². The van der Waals surface area contributed by atoms with Crippen molar-refractivity contribution in [2.75, 3.05) is 26.3 Å². The lowest BCUT2D eigenvalue weighted by molar-refractivity contribution is 0.0988. The Morgan fingerprint density at radius 2 is 2.25 bits per heavy atom. The van der Waals surface area contributed by atoms with Crippen molar-refractivity contribution in [1.82, 2.24) is 5.32 Å². The standard InChI is InChI=1S/C14H23NO/c1-3-12(10-16-8-1)9-15-11-14(6-2-7-14)13-4-5-13/h3,13,15H,1-2,4-11H2. The van der Waals surface area contributed by atoms with E-state index in [4.69, 9.17) is 4.74 Å². The Balaban J connectivity index is 1.43. The second kappa shape index (κ2) is 4.50. The van der Waals surface area contributed by atoms with Gasteiger partial charge in [-0.05, 0) is 49.0 Å². The van der Waals surface area contributed by atoms with Crippen LogP contribution in [0.2, 0.25) is 0 Å². The van der Waals surface area contributed by atoms with Crippen LogP contribution >= 0.6 is 0 Å². The van der Waals surface area contributed by atoms with Crippen LogP contribution in [0.1, 0.15) is 38.5 Å². The summed E-state index contributed by atoms with van der Waals surface area (Å²) < 4.78 is 5.46. The lowest BCUT2D eigenvalue weighted by atomic mass is 9.65. The van der Waals surface area contributed by atoms with Crippen LogP contribution in [-0.2, 0) is 4.74 Å². The van der Waals surface area contributed by atoms with Gasteiger partial charge < -0.3 is 10.1 Å². The third-order valence-corrected chi connectivity index (χ3v) is 4.60. The lowest BCUT2D eigenvalue weighted by Gasteiger charge is -2.43. The summed E-state index contributed by atoms with van der Waals surface area (Å²) in [5.74, 6) is 1.06. The molecule has 0 aromatic rings. The summed E-state index contributed by atoms with van der Waals surface area (Å²) in [5.41, 5.74) is 2.16. The van der Waals surface area contributed by atoms with Crippen LogP contribution in [-0.4, -0.2) is 26.3 Å². The van der Waals surface area contributed by atoms with Crippen molar-refractivity contribution in [2.24, 2.45) is 11.3 Å². The molecule has 0 atom stereocenters. The smallest absolute Gasteiger partial charge is 0.0689 e. The molecule has 1 aliphatic heterocycles. The van der Waals surface area contributed by atoms with E-state index >= 15 is 0 Å². The SMILES string of the molecule is C1=C(CNCC2(C3CC3)CCC2)COCC1. The van der Waals surface area contributed by atoms with E-state index < -0.39 is 0 Å². The first-order chi connectivity index (χ1) is 7.89. The van der Waals surface area contributed by atoms with Crippen LogP contribution in [0.3, 0.4) is 0 Å². The van der Waals surface area contributed by atoms with E-state index in [1.165, 1.54) is 44.2 Å². The molecule has 2 nitrogen and oxygen atoms in total. The molecule has 0 aromatic carbocycles. The van der Waals surface area contributed by atoms with Crippen molar-refractivity contribution in [3.8, 4) is 0 Å². The summed E-state index contributed by atoms with van der Waals surface area (Å²) in [6.07, 6.45) is 10.8. The van der Waals surface area contributed by atoms with Gasteiger partial charge in [-0.3, -0.25) is 0 Å². The van der Waals surface area contributed by atoms with E-state index in [1.54, 1.807) is 0 Å². The average Bonchev–Trinajstić information content (AvgIpc) is 3.08. The van der Waals surface area contributed by atoms with Gasteiger partial charge in [-0.1, -0.05) is 12.5 Å². The highest BCUT2D eigenvalue weighted by Gasteiger charge is 2.48. The summed E-state index contributed by atoms with van der Waals surface area (Å²) in [5, 5.41) is 3.67. The Morgan fingerprint density at radius 3 is 2.81 bits per heavy atom. The second-order valence-electron chi connectivity index (χ2n) is 5.80. The highest BCUT2D eigenvalue weighted by molar-refractivity contribution is 5.08. The quantitative estimate of drug-likeness (QED) is 0.720. The van der Waals surface area contributed by atoms with Gasteiger partial charge in [0.2, 0.25) is 0 Å². The zero-order valence-electron chi connectivity index (χ0n) is 10.1. The summed E-state index contributed by atoms with van der Waals surface area (Å²) in [6.45, 7) is 4.06. The number of hydrogen-bond acceptors (Lipinski definition) is 2. The van der Waals surface area contributed by atoms with Gasteiger partial charge in [0, 0.05) is 13.1 Å². The number of rotatable bonds is 5. The van der Waals surface area contributed by atoms with Crippen LogP contribution in [0.5, 0.6) is 0 Å². The van der Waals surface area contributed by atoms with Gasteiger partial charge >= 0.3 is 0 Å². The molecule has 0 spiro atoms. The summed E-state index contributed by atoms with van der Waals surface area (Å²) in [6, 6.07) is 0. The van der Waals surface area contributed by atoms with Crippen molar-refractivity contribution in [1.29, 1.82) is 0 Å². The van der Waals surface area contributed by atoms with Crippen LogP contribution in [0, 0.1) is 11.3 Å². The van der Waals surface area contributed by atoms with Gasteiger partial charge in [-0.15, -0.1) is 0 Å². The summed E-state index contributed by atoms with van der Waals surface area (Å²) >= 11 is 0. The summed E-state index contributed by atoms with van der Waals surface area (Å²) in [7, 11) is 0. The third kappa shape index (κ3) is 2.18. The molecular weight excluding hydrogens is 198 g/mol. The minimum absolute atomic E-state index is 0.704. The van der Waals surface area contributed by atoms with Crippen molar-refractivity contribution in [3.63, 3.8) is 0 Å². The van der Waals surface area contributed by atoms with Crippen LogP contribution in [0.15, 0.2) is 11.6 Å². The van der Waals surface area contributed by atoms with Crippen molar-refractivity contribution >= 4 is 0 Å². The molecule has 3 rings (SSSR count). The molecule has 0 bridgehead atoms. The average molecular weight is 221 g/mol. The van der Waals surface area contributed by atoms with Crippen molar-refractivity contribution < 1.29 is 4.74 Å². The highest BCUT2D eigenvalue weighted by Crippen LogP contribution is 2.56. The maximum atomic E-state index is 5.46. The Morgan fingerprint density at radius 1 is 1.38 bits per heavy atom.